The molecule has 1 heterocycles. The van der Waals surface area contributed by atoms with Crippen LogP contribution < -0.4 is 5.32 Å². The van der Waals surface area contributed by atoms with Crippen LogP contribution in [0.15, 0.2) is 0 Å². The van der Waals surface area contributed by atoms with E-state index in [0.29, 0.717) is 19.4 Å². The van der Waals surface area contributed by atoms with Crippen molar-refractivity contribution in [2.75, 3.05) is 13.7 Å². The van der Waals surface area contributed by atoms with Gasteiger partial charge in [0.15, 0.2) is 0 Å². The molecule has 2 amide bonds. The molecule has 2 N–H and O–H groups in total. The first-order valence-electron chi connectivity index (χ1n) is 5.35. The lowest BCUT2D eigenvalue weighted by Crippen LogP contribution is -2.56. The third-order valence-electron chi connectivity index (χ3n) is 2.78. The maximum Gasteiger partial charge on any atom is 0.407 e. The van der Waals surface area contributed by atoms with Crippen molar-refractivity contribution < 1.29 is 24.2 Å². The Kier molecular flexibility index (Phi) is 4.30. The number of carboxylic acid groups (broad SMARTS) is 1. The molecular formula is C10H16N2O5. The summed E-state index contributed by atoms with van der Waals surface area (Å²) in [6.45, 7) is 1.84. The summed E-state index contributed by atoms with van der Waals surface area (Å²) in [6.07, 6.45) is 0.461. The lowest BCUT2D eigenvalue weighted by molar-refractivity contribution is -0.151. The van der Waals surface area contributed by atoms with Crippen LogP contribution >= 0.6 is 0 Å². The highest BCUT2D eigenvalue weighted by atomic mass is 16.5. The summed E-state index contributed by atoms with van der Waals surface area (Å²) in [6, 6.07) is -1.58. The molecule has 1 saturated heterocycles. The number of rotatable bonds is 3. The van der Waals surface area contributed by atoms with Gasteiger partial charge in [0.05, 0.1) is 7.11 Å². The molecule has 1 rings (SSSR count). The van der Waals surface area contributed by atoms with Crippen molar-refractivity contribution in [2.45, 2.75) is 31.8 Å². The van der Waals surface area contributed by atoms with Crippen LogP contribution in [-0.4, -0.2) is 53.7 Å². The molecule has 7 heteroatoms. The Labute approximate surface area is 98.7 Å². The van der Waals surface area contributed by atoms with Crippen LogP contribution in [0.1, 0.15) is 19.8 Å². The largest absolute Gasteiger partial charge is 0.480 e. The molecular weight excluding hydrogens is 228 g/mol. The number of methoxy groups -OCH3 is 1. The molecule has 1 aliphatic heterocycles. The van der Waals surface area contributed by atoms with E-state index in [1.807, 2.05) is 0 Å². The molecule has 1 fully saturated rings. The number of nitrogens with zero attached hydrogens (tertiary/aromatic N) is 1. The summed E-state index contributed by atoms with van der Waals surface area (Å²) in [4.78, 5) is 35.0. The number of ether oxygens (including phenoxy) is 1. The van der Waals surface area contributed by atoms with Crippen LogP contribution in [0.4, 0.5) is 4.79 Å². The number of amides is 2. The van der Waals surface area contributed by atoms with Gasteiger partial charge in [0.1, 0.15) is 12.1 Å². The van der Waals surface area contributed by atoms with Crippen LogP contribution in [0.5, 0.6) is 0 Å². The number of alkyl carbamates (subject to hydrolysis) is 1. The van der Waals surface area contributed by atoms with Crippen LogP contribution in [0.25, 0.3) is 0 Å². The summed E-state index contributed by atoms with van der Waals surface area (Å²) in [7, 11) is 1.21. The van der Waals surface area contributed by atoms with E-state index in [1.165, 1.54) is 18.9 Å². The Morgan fingerprint density at radius 1 is 1.59 bits per heavy atom. The smallest absolute Gasteiger partial charge is 0.407 e. The van der Waals surface area contributed by atoms with E-state index < -0.39 is 24.1 Å². The van der Waals surface area contributed by atoms with Gasteiger partial charge in [-0.05, 0) is 19.8 Å². The monoisotopic (exact) mass is 244 g/mol. The van der Waals surface area contributed by atoms with Crippen molar-refractivity contribution in [3.8, 4) is 0 Å². The Bertz CT molecular complexity index is 331. The molecule has 17 heavy (non-hydrogen) atoms. The molecule has 7 nitrogen and oxygen atoms in total. The zero-order valence-electron chi connectivity index (χ0n) is 9.80. The number of hydrogen-bond acceptors (Lipinski definition) is 4. The van der Waals surface area contributed by atoms with Gasteiger partial charge in [-0.2, -0.15) is 0 Å². The Morgan fingerprint density at radius 2 is 2.24 bits per heavy atom. The second-order valence-corrected chi connectivity index (χ2v) is 3.88. The highest BCUT2D eigenvalue weighted by molar-refractivity contribution is 5.89. The molecule has 0 radical (unpaired) electrons. The lowest BCUT2D eigenvalue weighted by Gasteiger charge is -2.34. The molecule has 1 aliphatic rings. The normalized spacial score (nSPS) is 21.9. The van der Waals surface area contributed by atoms with E-state index in [1.54, 1.807) is 0 Å². The van der Waals surface area contributed by atoms with E-state index in [9.17, 15) is 14.4 Å². The maximum absolute atomic E-state index is 11.9. The number of likely N-dealkylation sites (tertiary alicyclic amines) is 1. The first kappa shape index (κ1) is 13.3. The number of carboxylic acids is 1. The zero-order valence-corrected chi connectivity index (χ0v) is 9.80. The van der Waals surface area contributed by atoms with Gasteiger partial charge in [-0.1, -0.05) is 0 Å². The topological polar surface area (TPSA) is 95.9 Å². The predicted octanol–water partition coefficient (Wildman–Crippen LogP) is -0.194. The highest BCUT2D eigenvalue weighted by Crippen LogP contribution is 2.15. The number of carbonyl (C=O) groups is 3. The van der Waals surface area contributed by atoms with Crippen LogP contribution in [0.3, 0.4) is 0 Å². The minimum Gasteiger partial charge on any atom is -0.480 e. The number of aliphatic carboxylic acids is 1. The van der Waals surface area contributed by atoms with E-state index in [-0.39, 0.29) is 5.91 Å². The van der Waals surface area contributed by atoms with Crippen LogP contribution in [0, 0.1) is 0 Å². The fourth-order valence-electron chi connectivity index (χ4n) is 1.75. The van der Waals surface area contributed by atoms with Gasteiger partial charge >= 0.3 is 12.1 Å². The fraction of sp³-hybridized carbons (Fsp3) is 0.700. The molecule has 0 aromatic heterocycles. The second-order valence-electron chi connectivity index (χ2n) is 3.88. The van der Waals surface area contributed by atoms with E-state index in [4.69, 9.17) is 5.11 Å². The quantitative estimate of drug-likeness (QED) is 0.717. The van der Waals surface area contributed by atoms with Gasteiger partial charge in [-0.25, -0.2) is 9.59 Å². The van der Waals surface area contributed by atoms with Crippen LogP contribution in [0.2, 0.25) is 0 Å². The summed E-state index contributed by atoms with van der Waals surface area (Å²) in [5.74, 6) is -1.44. The third-order valence-corrected chi connectivity index (χ3v) is 2.78. The van der Waals surface area contributed by atoms with Gasteiger partial charge in [0, 0.05) is 6.54 Å². The Morgan fingerprint density at radius 3 is 2.76 bits per heavy atom. The van der Waals surface area contributed by atoms with Gasteiger partial charge in [0.25, 0.3) is 0 Å². The average molecular weight is 244 g/mol. The van der Waals surface area contributed by atoms with Crippen molar-refractivity contribution >= 4 is 18.0 Å². The van der Waals surface area contributed by atoms with Crippen LogP contribution in [-0.2, 0) is 14.3 Å². The number of hydrogen-bond donors (Lipinski definition) is 2. The molecule has 0 aromatic rings. The molecule has 96 valence electrons. The van der Waals surface area contributed by atoms with Gasteiger partial charge in [-0.15, -0.1) is 0 Å². The second kappa shape index (κ2) is 5.51. The summed E-state index contributed by atoms with van der Waals surface area (Å²) >= 11 is 0. The molecule has 0 spiro atoms. The molecule has 0 bridgehead atoms. The van der Waals surface area contributed by atoms with Crippen molar-refractivity contribution in [2.24, 2.45) is 0 Å². The molecule has 0 saturated carbocycles. The number of nitrogens with one attached hydrogen (secondary N) is 1. The Balaban J connectivity index is 2.68. The summed E-state index contributed by atoms with van der Waals surface area (Å²) in [5, 5.41) is 11.3. The number of piperidine rings is 1. The van der Waals surface area contributed by atoms with Crippen molar-refractivity contribution in [1.82, 2.24) is 10.2 Å². The molecule has 2 atom stereocenters. The Hall–Kier alpha value is -1.79. The molecule has 0 aliphatic carbocycles. The SMILES string of the molecule is COC(=O)N[C@@H]1CCCN([C@@H](C)C(=O)O)C1=O. The fourth-order valence-corrected chi connectivity index (χ4v) is 1.75. The first-order valence-corrected chi connectivity index (χ1v) is 5.35. The third kappa shape index (κ3) is 3.08. The van der Waals surface area contributed by atoms with Gasteiger partial charge in [-0.3, -0.25) is 4.79 Å². The number of carbonyl (C=O) groups excluding carboxylic acids is 2. The van der Waals surface area contributed by atoms with Crippen molar-refractivity contribution in [3.63, 3.8) is 0 Å². The summed E-state index contributed by atoms with van der Waals surface area (Å²) < 4.78 is 4.41. The maximum atomic E-state index is 11.9. The molecule has 0 aromatic carbocycles. The molecule has 0 unspecified atom stereocenters. The minimum atomic E-state index is -1.06. The van der Waals surface area contributed by atoms with E-state index in [2.05, 4.69) is 10.1 Å². The zero-order chi connectivity index (χ0) is 13.0. The minimum absolute atomic E-state index is 0.378. The predicted molar refractivity (Wildman–Crippen MR) is 57.4 cm³/mol. The van der Waals surface area contributed by atoms with E-state index in [0.717, 1.165) is 0 Å². The lowest BCUT2D eigenvalue weighted by atomic mass is 10.0. The first-order chi connectivity index (χ1) is 7.97. The van der Waals surface area contributed by atoms with Gasteiger partial charge in [0.2, 0.25) is 5.91 Å². The summed E-state index contributed by atoms with van der Waals surface area (Å²) in [5.41, 5.74) is 0. The van der Waals surface area contributed by atoms with Gasteiger partial charge < -0.3 is 20.1 Å². The van der Waals surface area contributed by atoms with Crippen molar-refractivity contribution in [3.05, 3.63) is 0 Å². The standard InChI is InChI=1S/C10H16N2O5/c1-6(9(14)15)12-5-3-4-7(8(12)13)11-10(16)17-2/h6-7H,3-5H2,1-2H3,(H,11,16)(H,14,15)/t6-,7+/m0/s1. The van der Waals surface area contributed by atoms with Crippen molar-refractivity contribution in [1.29, 1.82) is 0 Å². The average Bonchev–Trinajstić information content (AvgIpc) is 2.30. The van der Waals surface area contributed by atoms with E-state index >= 15 is 0 Å². The highest BCUT2D eigenvalue weighted by Gasteiger charge is 2.34.